The van der Waals surface area contributed by atoms with Gasteiger partial charge in [0.2, 0.25) is 5.78 Å². The van der Waals surface area contributed by atoms with Gasteiger partial charge < -0.3 is 14.5 Å². The second kappa shape index (κ2) is 8.48. The van der Waals surface area contributed by atoms with Crippen LogP contribution >= 0.6 is 0 Å². The predicted octanol–water partition coefficient (Wildman–Crippen LogP) is 5.69. The first-order valence-electron chi connectivity index (χ1n) is 10.1. The molecule has 1 heterocycles. The van der Waals surface area contributed by atoms with Crippen LogP contribution < -0.4 is 10.1 Å². The first-order chi connectivity index (χ1) is 15.0. The topological polar surface area (TPSA) is 68.5 Å². The van der Waals surface area contributed by atoms with Crippen molar-refractivity contribution in [2.45, 2.75) is 26.9 Å². The van der Waals surface area contributed by atoms with Crippen LogP contribution in [-0.4, -0.2) is 17.8 Å². The van der Waals surface area contributed by atoms with E-state index in [0.29, 0.717) is 28.0 Å². The van der Waals surface area contributed by atoms with Crippen molar-refractivity contribution in [2.24, 2.45) is 0 Å². The van der Waals surface area contributed by atoms with Crippen molar-refractivity contribution in [3.05, 3.63) is 95.2 Å². The van der Waals surface area contributed by atoms with Crippen LogP contribution in [0.2, 0.25) is 0 Å². The average Bonchev–Trinajstić information content (AvgIpc) is 3.15. The Kier molecular flexibility index (Phi) is 5.58. The highest BCUT2D eigenvalue weighted by molar-refractivity contribution is 6.17. The van der Waals surface area contributed by atoms with Gasteiger partial charge >= 0.3 is 0 Å². The third-order valence-corrected chi connectivity index (χ3v) is 5.31. The number of carbonyl (C=O) groups is 2. The van der Waals surface area contributed by atoms with Gasteiger partial charge in [0.15, 0.2) is 11.9 Å². The summed E-state index contributed by atoms with van der Waals surface area (Å²) in [6.07, 6.45) is -0.770. The number of amides is 1. The molecule has 1 N–H and O–H groups in total. The summed E-state index contributed by atoms with van der Waals surface area (Å²) in [6, 6.07) is 21.8. The van der Waals surface area contributed by atoms with Crippen molar-refractivity contribution in [1.82, 2.24) is 0 Å². The summed E-state index contributed by atoms with van der Waals surface area (Å²) in [4.78, 5) is 26.1. The van der Waals surface area contributed by atoms with E-state index < -0.39 is 6.10 Å². The average molecular weight is 413 g/mol. The number of hydrogen-bond acceptors (Lipinski definition) is 4. The number of benzene rings is 3. The lowest BCUT2D eigenvalue weighted by atomic mass is 10.1. The first-order valence-corrected chi connectivity index (χ1v) is 10.1. The Hall–Kier alpha value is -3.86. The molecule has 4 aromatic rings. The van der Waals surface area contributed by atoms with E-state index in [1.54, 1.807) is 37.3 Å². The van der Waals surface area contributed by atoms with E-state index in [1.165, 1.54) is 0 Å². The lowest BCUT2D eigenvalue weighted by molar-refractivity contribution is -0.122. The summed E-state index contributed by atoms with van der Waals surface area (Å²) in [7, 11) is 0. The number of aryl methyl sites for hydroxylation is 1. The smallest absolute Gasteiger partial charge is 0.265 e. The summed E-state index contributed by atoms with van der Waals surface area (Å²) in [5.74, 6) is 0.0877. The zero-order valence-electron chi connectivity index (χ0n) is 17.6. The van der Waals surface area contributed by atoms with Gasteiger partial charge in [0, 0.05) is 10.9 Å². The molecule has 0 radical (unpaired) electrons. The van der Waals surface area contributed by atoms with Crippen LogP contribution in [0.1, 0.15) is 34.2 Å². The number of carbonyl (C=O) groups excluding carboxylic acids is 2. The van der Waals surface area contributed by atoms with Gasteiger partial charge in [-0.15, -0.1) is 0 Å². The first kappa shape index (κ1) is 20.4. The Labute approximate surface area is 180 Å². The van der Waals surface area contributed by atoms with Crippen molar-refractivity contribution in [2.75, 3.05) is 5.32 Å². The van der Waals surface area contributed by atoms with Crippen molar-refractivity contribution < 1.29 is 18.7 Å². The quantitative estimate of drug-likeness (QED) is 0.413. The number of fused-ring (bicyclic) bond motifs is 1. The van der Waals surface area contributed by atoms with Gasteiger partial charge in [0.25, 0.3) is 5.91 Å². The fourth-order valence-corrected chi connectivity index (χ4v) is 3.37. The highest BCUT2D eigenvalue weighted by atomic mass is 16.5. The Morgan fingerprint density at radius 2 is 1.61 bits per heavy atom. The molecule has 31 heavy (non-hydrogen) atoms. The second-order valence-electron chi connectivity index (χ2n) is 7.44. The molecule has 0 aliphatic carbocycles. The summed E-state index contributed by atoms with van der Waals surface area (Å²) >= 11 is 0. The standard InChI is InChI=1S/C26H23NO4/c1-16-10-9-15-21(17(16)2)30-18(3)26(29)27-23-20-13-7-8-14-22(20)31-25(23)24(28)19-11-5-4-6-12-19/h4-15,18H,1-3H3,(H,27,29). The SMILES string of the molecule is Cc1cccc(OC(C)C(=O)Nc2c(C(=O)c3ccccc3)oc3ccccc23)c1C. The molecule has 1 atom stereocenters. The van der Waals surface area contributed by atoms with Gasteiger partial charge in [-0.05, 0) is 50.1 Å². The van der Waals surface area contributed by atoms with Crippen molar-refractivity contribution in [1.29, 1.82) is 0 Å². The Morgan fingerprint density at radius 1 is 0.903 bits per heavy atom. The maximum Gasteiger partial charge on any atom is 0.265 e. The van der Waals surface area contributed by atoms with Crippen LogP contribution in [0, 0.1) is 13.8 Å². The van der Waals surface area contributed by atoms with Gasteiger partial charge in [0.1, 0.15) is 11.3 Å². The van der Waals surface area contributed by atoms with Crippen molar-refractivity contribution >= 4 is 28.3 Å². The number of anilines is 1. The molecular weight excluding hydrogens is 390 g/mol. The molecule has 3 aromatic carbocycles. The molecule has 1 aromatic heterocycles. The van der Waals surface area contributed by atoms with Crippen LogP contribution in [0.15, 0.2) is 77.2 Å². The van der Waals surface area contributed by atoms with Crippen LogP contribution in [-0.2, 0) is 4.79 Å². The summed E-state index contributed by atoms with van der Waals surface area (Å²) in [6.45, 7) is 5.62. The number of nitrogens with one attached hydrogen (secondary N) is 1. The fraction of sp³-hybridized carbons (Fsp3) is 0.154. The van der Waals surface area contributed by atoms with E-state index in [9.17, 15) is 9.59 Å². The minimum absolute atomic E-state index is 0.0969. The highest BCUT2D eigenvalue weighted by Crippen LogP contribution is 2.33. The fourth-order valence-electron chi connectivity index (χ4n) is 3.37. The normalized spacial score (nSPS) is 11.8. The molecule has 5 nitrogen and oxygen atoms in total. The number of ether oxygens (including phenoxy) is 1. The van der Waals surface area contributed by atoms with Crippen molar-refractivity contribution in [3.8, 4) is 5.75 Å². The summed E-state index contributed by atoms with van der Waals surface area (Å²) in [5, 5.41) is 3.52. The van der Waals surface area contributed by atoms with E-state index in [1.807, 2.05) is 56.3 Å². The maximum absolute atomic E-state index is 13.1. The van der Waals surface area contributed by atoms with Gasteiger partial charge in [-0.2, -0.15) is 0 Å². The monoisotopic (exact) mass is 413 g/mol. The van der Waals surface area contributed by atoms with Crippen LogP contribution in [0.5, 0.6) is 5.75 Å². The second-order valence-corrected chi connectivity index (χ2v) is 7.44. The van der Waals surface area contributed by atoms with E-state index in [4.69, 9.17) is 9.15 Å². The molecule has 4 rings (SSSR count). The zero-order chi connectivity index (χ0) is 22.0. The van der Waals surface area contributed by atoms with Crippen LogP contribution in [0.4, 0.5) is 5.69 Å². The molecular formula is C26H23NO4. The molecule has 0 spiro atoms. The van der Waals surface area contributed by atoms with Crippen LogP contribution in [0.3, 0.4) is 0 Å². The van der Waals surface area contributed by atoms with Gasteiger partial charge in [-0.3, -0.25) is 9.59 Å². The minimum Gasteiger partial charge on any atom is -0.481 e. The molecule has 5 heteroatoms. The lowest BCUT2D eigenvalue weighted by Gasteiger charge is -2.17. The molecule has 0 bridgehead atoms. The van der Waals surface area contributed by atoms with E-state index >= 15 is 0 Å². The van der Waals surface area contributed by atoms with E-state index in [0.717, 1.165) is 11.1 Å². The number of furan rings is 1. The summed E-state index contributed by atoms with van der Waals surface area (Å²) in [5.41, 5.74) is 3.43. The number of rotatable bonds is 6. The molecule has 1 unspecified atom stereocenters. The third kappa shape index (κ3) is 4.08. The molecule has 0 saturated heterocycles. The maximum atomic E-state index is 13.1. The predicted molar refractivity (Wildman–Crippen MR) is 121 cm³/mol. The largest absolute Gasteiger partial charge is 0.481 e. The molecule has 0 saturated carbocycles. The number of hydrogen-bond donors (Lipinski definition) is 1. The number of ketones is 1. The molecule has 0 fully saturated rings. The Bertz CT molecular complexity index is 1260. The van der Waals surface area contributed by atoms with Crippen molar-refractivity contribution in [3.63, 3.8) is 0 Å². The molecule has 1 amide bonds. The lowest BCUT2D eigenvalue weighted by Crippen LogP contribution is -2.30. The van der Waals surface area contributed by atoms with Gasteiger partial charge in [-0.25, -0.2) is 0 Å². The van der Waals surface area contributed by atoms with Crippen LogP contribution in [0.25, 0.3) is 11.0 Å². The van der Waals surface area contributed by atoms with Gasteiger partial charge in [-0.1, -0.05) is 54.6 Å². The molecule has 0 aliphatic rings. The van der Waals surface area contributed by atoms with E-state index in [2.05, 4.69) is 5.32 Å². The molecule has 0 aliphatic heterocycles. The molecule has 156 valence electrons. The Morgan fingerprint density at radius 3 is 2.39 bits per heavy atom. The van der Waals surface area contributed by atoms with E-state index in [-0.39, 0.29) is 17.5 Å². The highest BCUT2D eigenvalue weighted by Gasteiger charge is 2.25. The third-order valence-electron chi connectivity index (χ3n) is 5.31. The Balaban J connectivity index is 1.65. The zero-order valence-corrected chi connectivity index (χ0v) is 17.6. The minimum atomic E-state index is -0.770. The number of para-hydroxylation sites is 1. The summed E-state index contributed by atoms with van der Waals surface area (Å²) < 4.78 is 11.8. The van der Waals surface area contributed by atoms with Gasteiger partial charge in [0.05, 0.1) is 5.69 Å².